The Morgan fingerprint density at radius 1 is 1.17 bits per heavy atom. The van der Waals surface area contributed by atoms with Gasteiger partial charge in [-0.15, -0.1) is 0 Å². The SMILES string of the molecule is CC1CCCC(N(Cc2ccc3c(c2)OCO3)C(=O)CCN2CCCS2(=O)=O)C1C. The number of benzene rings is 1. The quantitative estimate of drug-likeness (QED) is 0.685. The lowest BCUT2D eigenvalue weighted by molar-refractivity contribution is -0.137. The molecule has 4 rings (SSSR count). The molecule has 2 fully saturated rings. The van der Waals surface area contributed by atoms with Crippen LogP contribution < -0.4 is 9.47 Å². The Balaban J connectivity index is 1.51. The summed E-state index contributed by atoms with van der Waals surface area (Å²) < 4.78 is 36.6. The van der Waals surface area contributed by atoms with Crippen molar-refractivity contribution >= 4 is 15.9 Å². The Hall–Kier alpha value is -1.80. The van der Waals surface area contributed by atoms with Crippen LogP contribution in [0.15, 0.2) is 18.2 Å². The maximum atomic E-state index is 13.3. The largest absolute Gasteiger partial charge is 0.454 e. The third-order valence-electron chi connectivity index (χ3n) is 6.95. The van der Waals surface area contributed by atoms with Crippen molar-refractivity contribution < 1.29 is 22.7 Å². The van der Waals surface area contributed by atoms with E-state index in [4.69, 9.17) is 9.47 Å². The van der Waals surface area contributed by atoms with Gasteiger partial charge in [-0.3, -0.25) is 4.79 Å². The van der Waals surface area contributed by atoms with Gasteiger partial charge in [-0.1, -0.05) is 32.8 Å². The van der Waals surface area contributed by atoms with Crippen LogP contribution in [0.25, 0.3) is 0 Å². The van der Waals surface area contributed by atoms with Gasteiger partial charge in [0.25, 0.3) is 0 Å². The molecule has 0 spiro atoms. The molecule has 2 heterocycles. The van der Waals surface area contributed by atoms with Crippen LogP contribution in [0, 0.1) is 11.8 Å². The number of nitrogens with zero attached hydrogens (tertiary/aromatic N) is 2. The van der Waals surface area contributed by atoms with Crippen LogP contribution in [0.3, 0.4) is 0 Å². The fourth-order valence-corrected chi connectivity index (χ4v) is 6.46. The van der Waals surface area contributed by atoms with Crippen LogP contribution in [-0.4, -0.2) is 55.2 Å². The van der Waals surface area contributed by atoms with Crippen LogP contribution in [0.4, 0.5) is 0 Å². The molecule has 0 radical (unpaired) electrons. The number of hydrogen-bond acceptors (Lipinski definition) is 5. The standard InChI is InChI=1S/C22H32N2O5S/c1-16-5-3-6-19(17(16)2)24(14-18-7-8-20-21(13-18)29-15-28-20)22(25)9-11-23-10-4-12-30(23,26)27/h7-8,13,16-17,19H,3-6,9-12,14-15H2,1-2H3. The van der Waals surface area contributed by atoms with Gasteiger partial charge in [0, 0.05) is 32.1 Å². The highest BCUT2D eigenvalue weighted by Crippen LogP contribution is 2.36. The zero-order valence-corrected chi connectivity index (χ0v) is 18.7. The van der Waals surface area contributed by atoms with Gasteiger partial charge in [-0.25, -0.2) is 12.7 Å². The molecule has 8 heteroatoms. The first-order chi connectivity index (χ1) is 14.3. The first-order valence-corrected chi connectivity index (χ1v) is 12.6. The van der Waals surface area contributed by atoms with E-state index in [9.17, 15) is 13.2 Å². The Bertz CT molecular complexity index is 888. The molecule has 1 saturated heterocycles. The molecule has 1 aliphatic carbocycles. The number of carbonyl (C=O) groups excluding carboxylic acids is 1. The van der Waals surface area contributed by atoms with Gasteiger partial charge >= 0.3 is 0 Å². The Kier molecular flexibility index (Phi) is 6.25. The lowest BCUT2D eigenvalue weighted by Crippen LogP contribution is -2.47. The maximum absolute atomic E-state index is 13.3. The number of rotatable bonds is 6. The predicted octanol–water partition coefficient (Wildman–Crippen LogP) is 2.99. The van der Waals surface area contributed by atoms with E-state index in [0.717, 1.165) is 24.2 Å². The zero-order valence-electron chi connectivity index (χ0n) is 17.9. The van der Waals surface area contributed by atoms with Gasteiger partial charge in [-0.05, 0) is 42.4 Å². The molecule has 1 aromatic rings. The minimum Gasteiger partial charge on any atom is -0.454 e. The van der Waals surface area contributed by atoms with E-state index in [0.29, 0.717) is 37.1 Å². The summed E-state index contributed by atoms with van der Waals surface area (Å²) >= 11 is 0. The van der Waals surface area contributed by atoms with E-state index in [1.165, 1.54) is 10.7 Å². The summed E-state index contributed by atoms with van der Waals surface area (Å²) in [4.78, 5) is 15.3. The summed E-state index contributed by atoms with van der Waals surface area (Å²) in [6.07, 6.45) is 4.16. The monoisotopic (exact) mass is 436 g/mol. The second-order valence-electron chi connectivity index (χ2n) is 8.86. The van der Waals surface area contributed by atoms with Crippen molar-refractivity contribution in [2.75, 3.05) is 25.6 Å². The summed E-state index contributed by atoms with van der Waals surface area (Å²) in [7, 11) is -3.19. The van der Waals surface area contributed by atoms with Crippen LogP contribution in [0.5, 0.6) is 11.5 Å². The smallest absolute Gasteiger partial charge is 0.231 e. The molecule has 0 N–H and O–H groups in total. The van der Waals surface area contributed by atoms with Gasteiger partial charge in [0.15, 0.2) is 11.5 Å². The Morgan fingerprint density at radius 2 is 1.97 bits per heavy atom. The second kappa shape index (κ2) is 8.75. The Morgan fingerprint density at radius 3 is 2.73 bits per heavy atom. The average molecular weight is 437 g/mol. The van der Waals surface area contributed by atoms with Crippen LogP contribution >= 0.6 is 0 Å². The lowest BCUT2D eigenvalue weighted by Gasteiger charge is -2.42. The minimum atomic E-state index is -3.19. The van der Waals surface area contributed by atoms with Crippen molar-refractivity contribution in [1.29, 1.82) is 0 Å². The van der Waals surface area contributed by atoms with Crippen LogP contribution in [0.2, 0.25) is 0 Å². The molecule has 3 atom stereocenters. The maximum Gasteiger partial charge on any atom is 0.231 e. The molecule has 1 amide bonds. The molecule has 30 heavy (non-hydrogen) atoms. The highest BCUT2D eigenvalue weighted by atomic mass is 32.2. The molecule has 7 nitrogen and oxygen atoms in total. The summed E-state index contributed by atoms with van der Waals surface area (Å²) in [5, 5.41) is 0. The molecule has 1 saturated carbocycles. The van der Waals surface area contributed by atoms with Gasteiger partial charge in [0.2, 0.25) is 22.7 Å². The molecule has 1 aromatic carbocycles. The van der Waals surface area contributed by atoms with Crippen molar-refractivity contribution in [1.82, 2.24) is 9.21 Å². The van der Waals surface area contributed by atoms with E-state index < -0.39 is 10.0 Å². The molecule has 3 aliphatic rings. The highest BCUT2D eigenvalue weighted by molar-refractivity contribution is 7.89. The molecule has 0 bridgehead atoms. The third-order valence-corrected chi connectivity index (χ3v) is 8.91. The predicted molar refractivity (Wildman–Crippen MR) is 114 cm³/mol. The normalized spacial score (nSPS) is 27.9. The van der Waals surface area contributed by atoms with E-state index >= 15 is 0 Å². The number of fused-ring (bicyclic) bond motifs is 1. The molecular formula is C22H32N2O5S. The Labute approximate surface area is 179 Å². The van der Waals surface area contributed by atoms with E-state index in [2.05, 4.69) is 13.8 Å². The first-order valence-electron chi connectivity index (χ1n) is 11.0. The third kappa shape index (κ3) is 4.44. The highest BCUT2D eigenvalue weighted by Gasteiger charge is 2.35. The zero-order chi connectivity index (χ0) is 21.3. The number of hydrogen-bond donors (Lipinski definition) is 0. The summed E-state index contributed by atoms with van der Waals surface area (Å²) in [5.41, 5.74) is 1.01. The molecule has 0 aromatic heterocycles. The summed E-state index contributed by atoms with van der Waals surface area (Å²) in [6, 6.07) is 5.99. The van der Waals surface area contributed by atoms with Gasteiger partial charge in [0.05, 0.1) is 5.75 Å². The van der Waals surface area contributed by atoms with Gasteiger partial charge < -0.3 is 14.4 Å². The van der Waals surface area contributed by atoms with Gasteiger partial charge in [-0.2, -0.15) is 0 Å². The lowest BCUT2D eigenvalue weighted by atomic mass is 9.77. The molecular weight excluding hydrogens is 404 g/mol. The molecule has 166 valence electrons. The van der Waals surface area contributed by atoms with E-state index in [1.807, 2.05) is 23.1 Å². The summed E-state index contributed by atoms with van der Waals surface area (Å²) in [6.45, 7) is 6.02. The van der Waals surface area contributed by atoms with Crippen molar-refractivity contribution in [3.63, 3.8) is 0 Å². The summed E-state index contributed by atoms with van der Waals surface area (Å²) in [5.74, 6) is 2.64. The fraction of sp³-hybridized carbons (Fsp3) is 0.682. The fourth-order valence-electron chi connectivity index (χ4n) is 4.93. The molecule has 2 aliphatic heterocycles. The second-order valence-corrected chi connectivity index (χ2v) is 11.0. The van der Waals surface area contributed by atoms with Crippen molar-refractivity contribution in [3.8, 4) is 11.5 Å². The molecule has 3 unspecified atom stereocenters. The number of sulfonamides is 1. The van der Waals surface area contributed by atoms with E-state index in [1.54, 1.807) is 0 Å². The first kappa shape index (κ1) is 21.4. The van der Waals surface area contributed by atoms with E-state index in [-0.39, 0.29) is 37.5 Å². The minimum absolute atomic E-state index is 0.0284. The number of amides is 1. The van der Waals surface area contributed by atoms with Crippen molar-refractivity contribution in [3.05, 3.63) is 23.8 Å². The topological polar surface area (TPSA) is 76.2 Å². The van der Waals surface area contributed by atoms with Crippen molar-refractivity contribution in [2.45, 2.75) is 58.5 Å². The van der Waals surface area contributed by atoms with Crippen LogP contribution in [0.1, 0.15) is 51.5 Å². The number of carbonyl (C=O) groups is 1. The van der Waals surface area contributed by atoms with Crippen LogP contribution in [-0.2, 0) is 21.4 Å². The van der Waals surface area contributed by atoms with Gasteiger partial charge in [0.1, 0.15) is 0 Å². The number of ether oxygens (including phenoxy) is 2. The average Bonchev–Trinajstić information content (AvgIpc) is 3.31. The van der Waals surface area contributed by atoms with Crippen molar-refractivity contribution in [2.24, 2.45) is 11.8 Å².